The van der Waals surface area contributed by atoms with Crippen LogP contribution in [0.2, 0.25) is 0 Å². The molecule has 1 atom stereocenters. The predicted molar refractivity (Wildman–Crippen MR) is 115 cm³/mol. The highest BCUT2D eigenvalue weighted by Gasteiger charge is 2.20. The number of hydrogen-bond donors (Lipinski definition) is 3. The van der Waals surface area contributed by atoms with Crippen LogP contribution in [0, 0.1) is 0 Å². The highest BCUT2D eigenvalue weighted by Crippen LogP contribution is 2.32. The zero-order valence-electron chi connectivity index (χ0n) is 16.7. The molecule has 4 rings (SSSR count). The Morgan fingerprint density at radius 2 is 2.20 bits per heavy atom. The number of amides is 1. The van der Waals surface area contributed by atoms with Gasteiger partial charge in [-0.2, -0.15) is 5.10 Å². The number of anilines is 2. The first-order chi connectivity index (χ1) is 14.6. The molecule has 0 spiro atoms. The Balaban J connectivity index is 1.56. The van der Waals surface area contributed by atoms with Crippen molar-refractivity contribution in [3.8, 4) is 11.3 Å². The molecular weight excluding hydrogens is 384 g/mol. The smallest absolute Gasteiger partial charge is 0.404 e. The van der Waals surface area contributed by atoms with Gasteiger partial charge in [0, 0.05) is 42.1 Å². The molecule has 9 heteroatoms. The number of nitrogens with one attached hydrogen (secondary N) is 1. The molecule has 0 aliphatic carbocycles. The van der Waals surface area contributed by atoms with Gasteiger partial charge in [0.05, 0.1) is 17.8 Å². The zero-order chi connectivity index (χ0) is 20.9. The molecule has 1 unspecified atom stereocenters. The summed E-state index contributed by atoms with van der Waals surface area (Å²) in [6.07, 6.45) is 4.82. The molecule has 5 N–H and O–H groups in total. The summed E-state index contributed by atoms with van der Waals surface area (Å²) in [4.78, 5) is 15.2. The fourth-order valence-electron chi connectivity index (χ4n) is 3.71. The van der Waals surface area contributed by atoms with Crippen LogP contribution in [0.15, 0.2) is 36.5 Å². The van der Waals surface area contributed by atoms with Crippen LogP contribution in [-0.2, 0) is 9.47 Å². The van der Waals surface area contributed by atoms with Gasteiger partial charge in [0.25, 0.3) is 0 Å². The van der Waals surface area contributed by atoms with Gasteiger partial charge in [-0.15, -0.1) is 0 Å². The fraction of sp³-hybridized carbons (Fsp3) is 0.381. The molecule has 0 saturated carbocycles. The monoisotopic (exact) mass is 410 g/mol. The number of ether oxygens (including phenoxy) is 2. The van der Waals surface area contributed by atoms with Gasteiger partial charge < -0.3 is 26.3 Å². The van der Waals surface area contributed by atoms with Crippen LogP contribution in [0.4, 0.5) is 16.3 Å². The lowest BCUT2D eigenvalue weighted by molar-refractivity contribution is -0.0383. The van der Waals surface area contributed by atoms with E-state index in [1.807, 2.05) is 22.9 Å². The Morgan fingerprint density at radius 3 is 3.00 bits per heavy atom. The minimum absolute atomic E-state index is 0.0342. The summed E-state index contributed by atoms with van der Waals surface area (Å²) in [7, 11) is 0. The van der Waals surface area contributed by atoms with Crippen LogP contribution < -0.4 is 16.8 Å². The molecule has 1 aromatic carbocycles. The number of carbonyl (C=O) groups is 1. The van der Waals surface area contributed by atoms with Crippen molar-refractivity contribution in [1.29, 1.82) is 0 Å². The number of carbonyl (C=O) groups excluding carboxylic acids is 1. The van der Waals surface area contributed by atoms with Gasteiger partial charge in [0.15, 0.2) is 6.23 Å². The summed E-state index contributed by atoms with van der Waals surface area (Å²) < 4.78 is 12.6. The third-order valence-corrected chi connectivity index (χ3v) is 5.11. The molecule has 1 amide bonds. The SMILES string of the molecule is NC(=O)OCCCNc1cc(N)nc2cc(-c3ccnn3C3CCCCO3)ccc12. The second-order valence-electron chi connectivity index (χ2n) is 7.26. The van der Waals surface area contributed by atoms with Crippen molar-refractivity contribution in [1.82, 2.24) is 14.8 Å². The Morgan fingerprint density at radius 1 is 1.30 bits per heavy atom. The molecule has 2 aromatic heterocycles. The number of benzene rings is 1. The Labute approximate surface area is 174 Å². The van der Waals surface area contributed by atoms with E-state index in [2.05, 4.69) is 21.5 Å². The highest BCUT2D eigenvalue weighted by atomic mass is 16.5. The van der Waals surface area contributed by atoms with E-state index in [4.69, 9.17) is 20.9 Å². The van der Waals surface area contributed by atoms with Crippen LogP contribution in [0.5, 0.6) is 0 Å². The molecule has 158 valence electrons. The van der Waals surface area contributed by atoms with Gasteiger partial charge in [0.1, 0.15) is 5.82 Å². The maximum Gasteiger partial charge on any atom is 0.404 e. The van der Waals surface area contributed by atoms with E-state index >= 15 is 0 Å². The van der Waals surface area contributed by atoms with E-state index < -0.39 is 6.09 Å². The number of hydrogen-bond acceptors (Lipinski definition) is 7. The van der Waals surface area contributed by atoms with Crippen molar-refractivity contribution in [3.05, 3.63) is 36.5 Å². The summed E-state index contributed by atoms with van der Waals surface area (Å²) in [5.74, 6) is 0.430. The minimum Gasteiger partial charge on any atom is -0.450 e. The summed E-state index contributed by atoms with van der Waals surface area (Å²) >= 11 is 0. The summed E-state index contributed by atoms with van der Waals surface area (Å²) in [5, 5.41) is 8.78. The van der Waals surface area contributed by atoms with Crippen LogP contribution in [0.25, 0.3) is 22.2 Å². The Bertz CT molecular complexity index is 1030. The molecule has 0 radical (unpaired) electrons. The number of fused-ring (bicyclic) bond motifs is 1. The van der Waals surface area contributed by atoms with E-state index in [-0.39, 0.29) is 12.8 Å². The largest absolute Gasteiger partial charge is 0.450 e. The van der Waals surface area contributed by atoms with Gasteiger partial charge in [-0.1, -0.05) is 12.1 Å². The van der Waals surface area contributed by atoms with Gasteiger partial charge in [-0.05, 0) is 37.8 Å². The lowest BCUT2D eigenvalue weighted by Gasteiger charge is -2.24. The van der Waals surface area contributed by atoms with Gasteiger partial charge >= 0.3 is 6.09 Å². The first-order valence-corrected chi connectivity index (χ1v) is 10.1. The predicted octanol–water partition coefficient (Wildman–Crippen LogP) is 3.28. The Hall–Kier alpha value is -3.33. The number of primary amides is 1. The number of pyridine rings is 1. The van der Waals surface area contributed by atoms with Crippen molar-refractivity contribution < 1.29 is 14.3 Å². The molecule has 1 fully saturated rings. The highest BCUT2D eigenvalue weighted by molar-refractivity contribution is 5.95. The van der Waals surface area contributed by atoms with E-state index in [9.17, 15) is 4.79 Å². The normalized spacial score (nSPS) is 16.5. The molecule has 1 saturated heterocycles. The minimum atomic E-state index is -0.765. The number of aromatic nitrogens is 3. The third-order valence-electron chi connectivity index (χ3n) is 5.11. The summed E-state index contributed by atoms with van der Waals surface area (Å²) in [6, 6.07) is 9.89. The topological polar surface area (TPSA) is 130 Å². The van der Waals surface area contributed by atoms with Crippen LogP contribution in [-0.4, -0.2) is 40.6 Å². The number of rotatable bonds is 7. The summed E-state index contributed by atoms with van der Waals surface area (Å²) in [5.41, 5.74) is 14.7. The quantitative estimate of drug-likeness (QED) is 0.510. The molecular formula is C21H26N6O3. The van der Waals surface area contributed by atoms with E-state index in [1.165, 1.54) is 0 Å². The van der Waals surface area contributed by atoms with E-state index in [1.54, 1.807) is 12.3 Å². The molecule has 3 aromatic rings. The maximum absolute atomic E-state index is 10.6. The number of nitrogens with zero attached hydrogens (tertiary/aromatic N) is 3. The van der Waals surface area contributed by atoms with E-state index in [0.717, 1.165) is 53.7 Å². The third kappa shape index (κ3) is 4.46. The Kier molecular flexibility index (Phi) is 5.99. The average molecular weight is 410 g/mol. The lowest BCUT2D eigenvalue weighted by atomic mass is 10.1. The van der Waals surface area contributed by atoms with Gasteiger partial charge in [-0.3, -0.25) is 0 Å². The standard InChI is InChI=1S/C21H26N6O3/c22-19-13-16(24-8-3-11-30-21(23)28)15-6-5-14(12-17(15)26-19)18-7-9-25-27(18)20-4-1-2-10-29-20/h5-7,9,12-13,20H,1-4,8,10-11H2,(H2,23,28)(H3,22,24,26). The molecule has 1 aliphatic rings. The maximum atomic E-state index is 10.6. The molecule has 0 bridgehead atoms. The van der Waals surface area contributed by atoms with Crippen molar-refractivity contribution in [2.75, 3.05) is 30.8 Å². The number of nitrogens with two attached hydrogens (primary N) is 2. The van der Waals surface area contributed by atoms with Gasteiger partial charge in [0.2, 0.25) is 0 Å². The van der Waals surface area contributed by atoms with Crippen molar-refractivity contribution >= 4 is 28.5 Å². The zero-order valence-corrected chi connectivity index (χ0v) is 16.7. The fourth-order valence-corrected chi connectivity index (χ4v) is 3.71. The molecule has 9 nitrogen and oxygen atoms in total. The first kappa shape index (κ1) is 20.0. The second-order valence-corrected chi connectivity index (χ2v) is 7.26. The van der Waals surface area contributed by atoms with Gasteiger partial charge in [-0.25, -0.2) is 14.5 Å². The molecule has 1 aliphatic heterocycles. The molecule has 3 heterocycles. The van der Waals surface area contributed by atoms with Crippen LogP contribution in [0.1, 0.15) is 31.9 Å². The van der Waals surface area contributed by atoms with Crippen molar-refractivity contribution in [2.45, 2.75) is 31.9 Å². The average Bonchev–Trinajstić information content (AvgIpc) is 3.23. The lowest BCUT2D eigenvalue weighted by Crippen LogP contribution is -2.19. The van der Waals surface area contributed by atoms with E-state index in [0.29, 0.717) is 18.8 Å². The van der Waals surface area contributed by atoms with Crippen molar-refractivity contribution in [2.24, 2.45) is 5.73 Å². The van der Waals surface area contributed by atoms with Crippen molar-refractivity contribution in [3.63, 3.8) is 0 Å². The first-order valence-electron chi connectivity index (χ1n) is 10.1. The summed E-state index contributed by atoms with van der Waals surface area (Å²) in [6.45, 7) is 1.64. The molecule has 30 heavy (non-hydrogen) atoms. The van der Waals surface area contributed by atoms with Crippen LogP contribution in [0.3, 0.4) is 0 Å². The number of nitrogen functional groups attached to an aromatic ring is 1. The van der Waals surface area contributed by atoms with Crippen LogP contribution >= 0.6 is 0 Å². The second kappa shape index (κ2) is 9.00.